The summed E-state index contributed by atoms with van der Waals surface area (Å²) in [6, 6.07) is 5.67. The lowest BCUT2D eigenvalue weighted by Gasteiger charge is -2.19. The fraction of sp³-hybridized carbons (Fsp3) is 0.400. The Morgan fingerprint density at radius 2 is 1.95 bits per heavy atom. The number of aryl methyl sites for hydroxylation is 1. The molecule has 2 aromatic rings. The van der Waals surface area contributed by atoms with Crippen LogP contribution in [0.3, 0.4) is 0 Å². The molecule has 1 aromatic carbocycles. The van der Waals surface area contributed by atoms with Crippen LogP contribution in [0.25, 0.3) is 0 Å². The predicted octanol–water partition coefficient (Wildman–Crippen LogP) is 2.98. The molecule has 1 heterocycles. The largest absolute Gasteiger partial charge is 0.308 e. The van der Waals surface area contributed by atoms with Crippen molar-refractivity contribution in [1.29, 1.82) is 0 Å². The number of rotatable bonds is 6. The van der Waals surface area contributed by atoms with Crippen LogP contribution in [0.4, 0.5) is 8.78 Å². The molecule has 20 heavy (non-hydrogen) atoms. The number of nitrogens with zero attached hydrogens (tertiary/aromatic N) is 2. The first-order chi connectivity index (χ1) is 9.63. The van der Waals surface area contributed by atoms with Crippen molar-refractivity contribution in [3.63, 3.8) is 0 Å². The van der Waals surface area contributed by atoms with E-state index in [1.165, 1.54) is 18.2 Å². The highest BCUT2D eigenvalue weighted by Gasteiger charge is 2.19. The first-order valence-corrected chi connectivity index (χ1v) is 6.77. The Hall–Kier alpha value is -1.75. The zero-order valence-electron chi connectivity index (χ0n) is 11.7. The maximum atomic E-state index is 13.8. The van der Waals surface area contributed by atoms with Crippen molar-refractivity contribution in [3.05, 3.63) is 53.4 Å². The molecule has 0 radical (unpaired) electrons. The highest BCUT2D eigenvalue weighted by molar-refractivity contribution is 5.23. The molecule has 0 aliphatic rings. The van der Waals surface area contributed by atoms with Crippen molar-refractivity contribution in [2.75, 3.05) is 6.54 Å². The van der Waals surface area contributed by atoms with E-state index in [4.69, 9.17) is 0 Å². The summed E-state index contributed by atoms with van der Waals surface area (Å²) in [5.41, 5.74) is 1.03. The number of halogens is 2. The summed E-state index contributed by atoms with van der Waals surface area (Å²) in [6.07, 6.45) is 2.90. The molecule has 1 unspecified atom stereocenters. The van der Waals surface area contributed by atoms with E-state index in [0.717, 1.165) is 18.7 Å². The molecule has 1 aromatic heterocycles. The fourth-order valence-electron chi connectivity index (χ4n) is 2.26. The highest BCUT2D eigenvalue weighted by Crippen LogP contribution is 2.22. The SMILES string of the molecule is CCCNC(Cc1c(F)cccc1F)c1ccnn1C. The number of nitrogens with one attached hydrogen (secondary N) is 1. The molecule has 2 rings (SSSR count). The standard InChI is InChI=1S/C15H19F2N3/c1-3-8-18-14(15-7-9-19-20(15)2)10-11-12(16)5-4-6-13(11)17/h4-7,9,14,18H,3,8,10H2,1-2H3. The molecule has 0 fully saturated rings. The van der Waals surface area contributed by atoms with Crippen LogP contribution >= 0.6 is 0 Å². The third-order valence-corrected chi connectivity index (χ3v) is 3.33. The van der Waals surface area contributed by atoms with E-state index in [1.807, 2.05) is 13.1 Å². The van der Waals surface area contributed by atoms with Crippen molar-refractivity contribution in [1.82, 2.24) is 15.1 Å². The third-order valence-electron chi connectivity index (χ3n) is 3.33. The number of benzene rings is 1. The van der Waals surface area contributed by atoms with Gasteiger partial charge in [0.05, 0.1) is 11.7 Å². The molecule has 3 nitrogen and oxygen atoms in total. The maximum absolute atomic E-state index is 13.8. The van der Waals surface area contributed by atoms with E-state index in [0.29, 0.717) is 0 Å². The van der Waals surface area contributed by atoms with Crippen molar-refractivity contribution in [3.8, 4) is 0 Å². The van der Waals surface area contributed by atoms with E-state index >= 15 is 0 Å². The monoisotopic (exact) mass is 279 g/mol. The van der Waals surface area contributed by atoms with Crippen LogP contribution in [-0.2, 0) is 13.5 Å². The Morgan fingerprint density at radius 3 is 2.50 bits per heavy atom. The molecule has 108 valence electrons. The van der Waals surface area contributed by atoms with Gasteiger partial charge in [-0.25, -0.2) is 8.78 Å². The molecule has 0 amide bonds. The molecule has 1 atom stereocenters. The van der Waals surface area contributed by atoms with Crippen LogP contribution in [0.1, 0.15) is 30.6 Å². The summed E-state index contributed by atoms with van der Waals surface area (Å²) in [5.74, 6) is -1.01. The minimum Gasteiger partial charge on any atom is -0.308 e. The summed E-state index contributed by atoms with van der Waals surface area (Å²) in [6.45, 7) is 2.84. The van der Waals surface area contributed by atoms with Crippen LogP contribution in [0.2, 0.25) is 0 Å². The number of aromatic nitrogens is 2. The molecule has 0 saturated heterocycles. The molecular formula is C15H19F2N3. The van der Waals surface area contributed by atoms with Gasteiger partial charge in [-0.3, -0.25) is 4.68 Å². The summed E-state index contributed by atoms with van der Waals surface area (Å²) < 4.78 is 29.3. The Balaban J connectivity index is 2.26. The van der Waals surface area contributed by atoms with E-state index in [9.17, 15) is 8.78 Å². The first kappa shape index (κ1) is 14.7. The molecule has 0 saturated carbocycles. The second-order valence-electron chi connectivity index (χ2n) is 4.79. The van der Waals surface area contributed by atoms with Gasteiger partial charge in [0.1, 0.15) is 11.6 Å². The highest BCUT2D eigenvalue weighted by atomic mass is 19.1. The molecule has 5 heteroatoms. The van der Waals surface area contributed by atoms with Gasteiger partial charge in [-0.15, -0.1) is 0 Å². The van der Waals surface area contributed by atoms with Crippen molar-refractivity contribution in [2.24, 2.45) is 7.05 Å². The first-order valence-electron chi connectivity index (χ1n) is 6.77. The Morgan fingerprint density at radius 1 is 1.25 bits per heavy atom. The van der Waals surface area contributed by atoms with Gasteiger partial charge in [-0.05, 0) is 37.6 Å². The molecule has 0 aliphatic carbocycles. The fourth-order valence-corrected chi connectivity index (χ4v) is 2.26. The van der Waals surface area contributed by atoms with Crippen molar-refractivity contribution in [2.45, 2.75) is 25.8 Å². The van der Waals surface area contributed by atoms with Gasteiger partial charge in [0.15, 0.2) is 0 Å². The summed E-state index contributed by atoms with van der Waals surface area (Å²) in [7, 11) is 1.83. The van der Waals surface area contributed by atoms with Crippen LogP contribution < -0.4 is 5.32 Å². The van der Waals surface area contributed by atoms with Gasteiger partial charge >= 0.3 is 0 Å². The summed E-state index contributed by atoms with van der Waals surface area (Å²) in [5, 5.41) is 7.44. The summed E-state index contributed by atoms with van der Waals surface area (Å²) in [4.78, 5) is 0. The zero-order valence-corrected chi connectivity index (χ0v) is 11.7. The lowest BCUT2D eigenvalue weighted by atomic mass is 10.0. The van der Waals surface area contributed by atoms with E-state index in [-0.39, 0.29) is 18.0 Å². The van der Waals surface area contributed by atoms with E-state index < -0.39 is 11.6 Å². The second-order valence-corrected chi connectivity index (χ2v) is 4.79. The number of hydrogen-bond donors (Lipinski definition) is 1. The van der Waals surface area contributed by atoms with Crippen LogP contribution in [-0.4, -0.2) is 16.3 Å². The third kappa shape index (κ3) is 3.22. The van der Waals surface area contributed by atoms with Crippen molar-refractivity contribution >= 4 is 0 Å². The number of hydrogen-bond acceptors (Lipinski definition) is 2. The van der Waals surface area contributed by atoms with Crippen molar-refractivity contribution < 1.29 is 8.78 Å². The Labute approximate surface area is 117 Å². The van der Waals surface area contributed by atoms with E-state index in [2.05, 4.69) is 17.3 Å². The smallest absolute Gasteiger partial charge is 0.129 e. The average molecular weight is 279 g/mol. The van der Waals surface area contributed by atoms with E-state index in [1.54, 1.807) is 10.9 Å². The normalized spacial score (nSPS) is 12.6. The lowest BCUT2D eigenvalue weighted by molar-refractivity contribution is 0.467. The van der Waals surface area contributed by atoms with Gasteiger partial charge in [-0.1, -0.05) is 13.0 Å². The molecule has 1 N–H and O–H groups in total. The van der Waals surface area contributed by atoms with Gasteiger partial charge in [-0.2, -0.15) is 5.10 Å². The topological polar surface area (TPSA) is 29.9 Å². The quantitative estimate of drug-likeness (QED) is 0.881. The molecule has 0 aliphatic heterocycles. The minimum absolute atomic E-state index is 0.113. The average Bonchev–Trinajstić information content (AvgIpc) is 2.84. The van der Waals surface area contributed by atoms with Gasteiger partial charge < -0.3 is 5.32 Å². The maximum Gasteiger partial charge on any atom is 0.129 e. The van der Waals surface area contributed by atoms with Crippen LogP contribution in [0.5, 0.6) is 0 Å². The zero-order chi connectivity index (χ0) is 14.5. The molecular weight excluding hydrogens is 260 g/mol. The van der Waals surface area contributed by atoms with Gasteiger partial charge in [0.25, 0.3) is 0 Å². The predicted molar refractivity (Wildman–Crippen MR) is 74.3 cm³/mol. The van der Waals surface area contributed by atoms with Crippen LogP contribution in [0, 0.1) is 11.6 Å². The van der Waals surface area contributed by atoms with Crippen LogP contribution in [0.15, 0.2) is 30.5 Å². The Kier molecular flexibility index (Phi) is 4.84. The van der Waals surface area contributed by atoms with Gasteiger partial charge in [0, 0.05) is 18.8 Å². The Bertz CT molecular complexity index is 546. The lowest BCUT2D eigenvalue weighted by Crippen LogP contribution is -2.26. The molecule has 0 bridgehead atoms. The summed E-state index contributed by atoms with van der Waals surface area (Å²) >= 11 is 0. The van der Waals surface area contributed by atoms with Gasteiger partial charge in [0.2, 0.25) is 0 Å². The minimum atomic E-state index is -0.504. The molecule has 0 spiro atoms. The second kappa shape index (κ2) is 6.61.